The fraction of sp³-hybridized carbons (Fsp3) is 0.176. The number of rotatable bonds is 6. The Bertz CT molecular complexity index is 687. The Balaban J connectivity index is 1.95. The molecule has 2 aromatic rings. The Kier molecular flexibility index (Phi) is 6.50. The second kappa shape index (κ2) is 8.85. The molecule has 0 spiro atoms. The van der Waals surface area contributed by atoms with E-state index in [1.54, 1.807) is 18.2 Å². The predicted molar refractivity (Wildman–Crippen MR) is 96.2 cm³/mol. The molecule has 120 valence electrons. The molecular weight excluding hydrogens is 310 g/mol. The van der Waals surface area contributed by atoms with Gasteiger partial charge in [0, 0.05) is 11.3 Å². The maximum Gasteiger partial charge on any atom is 0.180 e. The van der Waals surface area contributed by atoms with Crippen molar-refractivity contribution >= 4 is 23.1 Å². The molecule has 0 aliphatic heterocycles. The first-order valence-corrected chi connectivity index (χ1v) is 8.16. The van der Waals surface area contributed by atoms with Crippen LogP contribution in [-0.2, 0) is 5.75 Å². The third kappa shape index (κ3) is 5.67. The molecule has 0 atom stereocenters. The number of nitrogens with two attached hydrogens (primary N) is 1. The number of benzene rings is 2. The Morgan fingerprint density at radius 3 is 2.78 bits per heavy atom. The normalized spacial score (nSPS) is 11.8. The lowest BCUT2D eigenvalue weighted by Gasteiger charge is -2.04. The number of amidine groups is 1. The van der Waals surface area contributed by atoms with Gasteiger partial charge < -0.3 is 15.6 Å². The van der Waals surface area contributed by atoms with Crippen LogP contribution >= 0.6 is 11.8 Å². The van der Waals surface area contributed by atoms with Crippen molar-refractivity contribution in [2.75, 3.05) is 6.61 Å². The van der Waals surface area contributed by atoms with Crippen LogP contribution in [0.25, 0.3) is 0 Å². The molecule has 23 heavy (non-hydrogen) atoms. The van der Waals surface area contributed by atoms with E-state index >= 15 is 0 Å². The Labute approximate surface area is 139 Å². The summed E-state index contributed by atoms with van der Waals surface area (Å²) in [6, 6.07) is 14.9. The molecule has 0 aliphatic rings. The van der Waals surface area contributed by atoms with Crippen LogP contribution < -0.4 is 10.5 Å². The molecule has 0 saturated heterocycles. The maximum absolute atomic E-state index is 9.79. The van der Waals surface area contributed by atoms with Gasteiger partial charge in [0.1, 0.15) is 11.5 Å². The summed E-state index contributed by atoms with van der Waals surface area (Å²) >= 11 is 1.41. The fourth-order valence-electron chi connectivity index (χ4n) is 1.80. The number of nitrogens with zero attached hydrogens (tertiary/aromatic N) is 2. The number of hydrogen-bond acceptors (Lipinski definition) is 5. The zero-order chi connectivity index (χ0) is 16.5. The molecule has 0 amide bonds. The van der Waals surface area contributed by atoms with Crippen molar-refractivity contribution in [1.82, 2.24) is 0 Å². The van der Waals surface area contributed by atoms with Crippen LogP contribution in [0.2, 0.25) is 0 Å². The highest BCUT2D eigenvalue weighted by Gasteiger charge is 2.01. The summed E-state index contributed by atoms with van der Waals surface area (Å²) in [6.07, 6.45) is 1.45. The number of hydrogen-bond donors (Lipinski definition) is 2. The van der Waals surface area contributed by atoms with Gasteiger partial charge in [-0.15, -0.1) is 5.10 Å². The van der Waals surface area contributed by atoms with Crippen molar-refractivity contribution < 1.29 is 9.84 Å². The molecule has 5 nitrogen and oxygen atoms in total. The zero-order valence-electron chi connectivity index (χ0n) is 12.8. The van der Waals surface area contributed by atoms with Crippen molar-refractivity contribution in [3.63, 3.8) is 0 Å². The van der Waals surface area contributed by atoms with Crippen molar-refractivity contribution in [3.8, 4) is 11.5 Å². The number of thioether (sulfide) groups is 1. The van der Waals surface area contributed by atoms with Gasteiger partial charge >= 0.3 is 0 Å². The quantitative estimate of drug-likeness (QED) is 0.484. The molecular formula is C17H19N3O2S. The highest BCUT2D eigenvalue weighted by Crippen LogP contribution is 2.21. The van der Waals surface area contributed by atoms with E-state index in [9.17, 15) is 5.11 Å². The minimum Gasteiger partial charge on any atom is -0.507 e. The molecule has 2 aromatic carbocycles. The standard InChI is InChI=1S/C17H19N3O2S/c1-2-22-15-8-9-16(21)14(10-15)11-19-20-17(18)23-12-13-6-4-3-5-7-13/h3-11,21H,2,12H2,1H3,(H2,18,20). The van der Waals surface area contributed by atoms with E-state index in [0.29, 0.717) is 23.1 Å². The second-order valence-corrected chi connectivity index (χ2v) is 5.61. The molecule has 0 aliphatic carbocycles. The van der Waals surface area contributed by atoms with Gasteiger partial charge in [-0.05, 0) is 30.7 Å². The molecule has 0 heterocycles. The average Bonchev–Trinajstić information content (AvgIpc) is 2.57. The summed E-state index contributed by atoms with van der Waals surface area (Å²) in [5.41, 5.74) is 7.51. The number of ether oxygens (including phenoxy) is 1. The average molecular weight is 329 g/mol. The van der Waals surface area contributed by atoms with Crippen LogP contribution in [0.5, 0.6) is 11.5 Å². The Morgan fingerprint density at radius 1 is 1.26 bits per heavy atom. The van der Waals surface area contributed by atoms with Crippen molar-refractivity contribution in [2.24, 2.45) is 15.9 Å². The number of aromatic hydroxyl groups is 1. The molecule has 3 N–H and O–H groups in total. The van der Waals surface area contributed by atoms with Crippen molar-refractivity contribution in [2.45, 2.75) is 12.7 Å². The highest BCUT2D eigenvalue weighted by molar-refractivity contribution is 8.13. The maximum atomic E-state index is 9.79. The summed E-state index contributed by atoms with van der Waals surface area (Å²) in [7, 11) is 0. The van der Waals surface area contributed by atoms with E-state index in [1.165, 1.54) is 23.5 Å². The van der Waals surface area contributed by atoms with Crippen LogP contribution in [0.4, 0.5) is 0 Å². The minimum atomic E-state index is 0.114. The highest BCUT2D eigenvalue weighted by atomic mass is 32.2. The van der Waals surface area contributed by atoms with Crippen molar-refractivity contribution in [1.29, 1.82) is 0 Å². The lowest BCUT2D eigenvalue weighted by atomic mass is 10.2. The summed E-state index contributed by atoms with van der Waals surface area (Å²) in [5.74, 6) is 1.52. The fourth-order valence-corrected chi connectivity index (χ4v) is 2.41. The lowest BCUT2D eigenvalue weighted by Crippen LogP contribution is -2.06. The molecule has 0 bridgehead atoms. The van der Waals surface area contributed by atoms with Gasteiger partial charge in [0.15, 0.2) is 5.17 Å². The van der Waals surface area contributed by atoms with E-state index in [2.05, 4.69) is 10.2 Å². The van der Waals surface area contributed by atoms with Gasteiger partial charge in [0.05, 0.1) is 12.8 Å². The summed E-state index contributed by atoms with van der Waals surface area (Å²) in [6.45, 7) is 2.46. The second-order valence-electron chi connectivity index (χ2n) is 4.61. The largest absolute Gasteiger partial charge is 0.507 e. The number of phenols is 1. The van der Waals surface area contributed by atoms with E-state index < -0.39 is 0 Å². The predicted octanol–water partition coefficient (Wildman–Crippen LogP) is 3.37. The minimum absolute atomic E-state index is 0.114. The van der Waals surface area contributed by atoms with Crippen LogP contribution in [0.15, 0.2) is 58.7 Å². The van der Waals surface area contributed by atoms with Crippen LogP contribution in [0.3, 0.4) is 0 Å². The first-order valence-electron chi connectivity index (χ1n) is 7.18. The van der Waals surface area contributed by atoms with Gasteiger partial charge in [0.2, 0.25) is 0 Å². The Morgan fingerprint density at radius 2 is 2.04 bits per heavy atom. The van der Waals surface area contributed by atoms with Gasteiger partial charge in [-0.2, -0.15) is 5.10 Å². The molecule has 6 heteroatoms. The lowest BCUT2D eigenvalue weighted by molar-refractivity contribution is 0.339. The SMILES string of the molecule is CCOc1ccc(O)c(C=NN=C(N)SCc2ccccc2)c1. The molecule has 0 radical (unpaired) electrons. The Hall–Kier alpha value is -2.47. The van der Waals surface area contributed by atoms with E-state index in [1.807, 2.05) is 37.3 Å². The first-order chi connectivity index (χ1) is 11.2. The van der Waals surface area contributed by atoms with Gasteiger partial charge in [-0.25, -0.2) is 0 Å². The summed E-state index contributed by atoms with van der Waals surface area (Å²) in [5, 5.41) is 18.0. The number of phenolic OH excluding ortho intramolecular Hbond substituents is 1. The van der Waals surface area contributed by atoms with Crippen molar-refractivity contribution in [3.05, 3.63) is 59.7 Å². The van der Waals surface area contributed by atoms with E-state index in [-0.39, 0.29) is 5.75 Å². The molecule has 0 saturated carbocycles. The zero-order valence-corrected chi connectivity index (χ0v) is 13.7. The van der Waals surface area contributed by atoms with E-state index in [0.717, 1.165) is 5.75 Å². The third-order valence-corrected chi connectivity index (χ3v) is 3.75. The first kappa shape index (κ1) is 16.9. The van der Waals surface area contributed by atoms with Crippen LogP contribution in [-0.4, -0.2) is 23.1 Å². The van der Waals surface area contributed by atoms with Crippen LogP contribution in [0, 0.1) is 0 Å². The third-order valence-electron chi connectivity index (χ3n) is 2.89. The van der Waals surface area contributed by atoms with Crippen LogP contribution in [0.1, 0.15) is 18.1 Å². The smallest absolute Gasteiger partial charge is 0.180 e. The van der Waals surface area contributed by atoms with E-state index in [4.69, 9.17) is 10.5 Å². The molecule has 0 fully saturated rings. The molecule has 0 unspecified atom stereocenters. The van der Waals surface area contributed by atoms with Gasteiger partial charge in [-0.1, -0.05) is 42.1 Å². The summed E-state index contributed by atoms with van der Waals surface area (Å²) < 4.78 is 5.38. The molecule has 2 rings (SSSR count). The summed E-state index contributed by atoms with van der Waals surface area (Å²) in [4.78, 5) is 0. The molecule has 0 aromatic heterocycles. The topological polar surface area (TPSA) is 80.2 Å². The van der Waals surface area contributed by atoms with Gasteiger partial charge in [-0.3, -0.25) is 0 Å². The monoisotopic (exact) mass is 329 g/mol. The van der Waals surface area contributed by atoms with Gasteiger partial charge in [0.25, 0.3) is 0 Å².